The first-order valence-corrected chi connectivity index (χ1v) is 13.7. The fourth-order valence-electron chi connectivity index (χ4n) is 4.78. The predicted octanol–water partition coefficient (Wildman–Crippen LogP) is 7.07. The molecule has 5 aromatic rings. The Balaban J connectivity index is 1.20. The molecule has 0 spiro atoms. The summed E-state index contributed by atoms with van der Waals surface area (Å²) in [7, 11) is 2.93. The standard InChI is InChI=1S/C32H27F3N4O6/c1-41-22-8-10-25(28(14-22)42-2)36-31(40)37-30-24-13-21(32(33,34)35)7-11-26(24)39(38-30)16-19-3-5-20(6-4-19)17-43-23-9-12-27-29(15-23)45-18-44-27/h3-15H,16-18H2,1-2H3,(H2,36,37,38,40). The largest absolute Gasteiger partial charge is 0.497 e. The van der Waals surface area contributed by atoms with E-state index in [0.29, 0.717) is 46.6 Å². The van der Waals surface area contributed by atoms with E-state index < -0.39 is 17.8 Å². The maximum absolute atomic E-state index is 13.6. The van der Waals surface area contributed by atoms with Gasteiger partial charge in [-0.3, -0.25) is 10.00 Å². The van der Waals surface area contributed by atoms with E-state index in [-0.39, 0.29) is 24.5 Å². The van der Waals surface area contributed by atoms with Gasteiger partial charge in [0.1, 0.15) is 23.9 Å². The Morgan fingerprint density at radius 3 is 2.38 bits per heavy atom. The number of anilines is 2. The van der Waals surface area contributed by atoms with Crippen LogP contribution in [0.4, 0.5) is 29.5 Å². The van der Waals surface area contributed by atoms with Crippen LogP contribution < -0.4 is 34.3 Å². The zero-order chi connectivity index (χ0) is 31.6. The number of ether oxygens (including phenoxy) is 5. The number of methoxy groups -OCH3 is 2. The number of hydrogen-bond acceptors (Lipinski definition) is 7. The summed E-state index contributed by atoms with van der Waals surface area (Å²) in [5.74, 6) is 2.76. The molecule has 1 aliphatic rings. The van der Waals surface area contributed by atoms with Gasteiger partial charge in [0.2, 0.25) is 6.79 Å². The minimum atomic E-state index is -4.58. The molecule has 232 valence electrons. The highest BCUT2D eigenvalue weighted by molar-refractivity contribution is 6.05. The van der Waals surface area contributed by atoms with Crippen LogP contribution in [-0.4, -0.2) is 36.8 Å². The minimum Gasteiger partial charge on any atom is -0.497 e. The lowest BCUT2D eigenvalue weighted by molar-refractivity contribution is -0.137. The van der Waals surface area contributed by atoms with Gasteiger partial charge in [-0.1, -0.05) is 24.3 Å². The topological polar surface area (TPSA) is 105 Å². The third-order valence-electron chi connectivity index (χ3n) is 7.07. The molecule has 2 heterocycles. The molecule has 0 unspecified atom stereocenters. The monoisotopic (exact) mass is 620 g/mol. The molecule has 6 rings (SSSR count). The van der Waals surface area contributed by atoms with Gasteiger partial charge >= 0.3 is 12.2 Å². The van der Waals surface area contributed by atoms with Crippen molar-refractivity contribution in [1.29, 1.82) is 0 Å². The molecule has 0 saturated carbocycles. The van der Waals surface area contributed by atoms with E-state index in [1.807, 2.05) is 24.3 Å². The number of amides is 2. The van der Waals surface area contributed by atoms with Gasteiger partial charge in [0.15, 0.2) is 17.3 Å². The van der Waals surface area contributed by atoms with Crippen molar-refractivity contribution in [2.45, 2.75) is 19.3 Å². The fraction of sp³-hybridized carbons (Fsp3) is 0.188. The van der Waals surface area contributed by atoms with Crippen LogP contribution in [-0.2, 0) is 19.3 Å². The summed E-state index contributed by atoms with van der Waals surface area (Å²) < 4.78 is 69.4. The number of benzene rings is 4. The van der Waals surface area contributed by atoms with Crippen molar-refractivity contribution < 1.29 is 41.7 Å². The number of hydrogen-bond donors (Lipinski definition) is 2. The summed E-state index contributed by atoms with van der Waals surface area (Å²) in [6.07, 6.45) is -4.58. The molecule has 1 aliphatic heterocycles. The number of carbonyl (C=O) groups excluding carboxylic acids is 1. The molecular formula is C32H27F3N4O6. The van der Waals surface area contributed by atoms with Crippen LogP contribution in [0.3, 0.4) is 0 Å². The number of urea groups is 1. The molecule has 2 N–H and O–H groups in total. The van der Waals surface area contributed by atoms with Crippen LogP contribution in [0.2, 0.25) is 0 Å². The smallest absolute Gasteiger partial charge is 0.416 e. The van der Waals surface area contributed by atoms with Gasteiger partial charge in [-0.2, -0.15) is 18.3 Å². The van der Waals surface area contributed by atoms with Gasteiger partial charge in [0, 0.05) is 17.5 Å². The van der Waals surface area contributed by atoms with Gasteiger partial charge in [-0.25, -0.2) is 4.79 Å². The quantitative estimate of drug-likeness (QED) is 0.182. The summed E-state index contributed by atoms with van der Waals surface area (Å²) >= 11 is 0. The third kappa shape index (κ3) is 6.51. The zero-order valence-corrected chi connectivity index (χ0v) is 24.1. The molecule has 45 heavy (non-hydrogen) atoms. The Bertz CT molecular complexity index is 1860. The zero-order valence-electron chi connectivity index (χ0n) is 24.1. The second-order valence-corrected chi connectivity index (χ2v) is 10.0. The minimum absolute atomic E-state index is 0.0326. The Labute approximate surface area is 255 Å². The summed E-state index contributed by atoms with van der Waals surface area (Å²) in [6, 6.07) is 20.3. The van der Waals surface area contributed by atoms with E-state index in [9.17, 15) is 18.0 Å². The number of rotatable bonds is 9. The fourth-order valence-corrected chi connectivity index (χ4v) is 4.78. The number of fused-ring (bicyclic) bond motifs is 2. The van der Waals surface area contributed by atoms with Crippen molar-refractivity contribution >= 4 is 28.4 Å². The number of halogens is 3. The van der Waals surface area contributed by atoms with Crippen molar-refractivity contribution in [2.75, 3.05) is 31.6 Å². The second kappa shape index (κ2) is 12.2. The molecule has 0 bridgehead atoms. The summed E-state index contributed by atoms with van der Waals surface area (Å²) in [5, 5.41) is 9.83. The van der Waals surface area contributed by atoms with Crippen LogP contribution in [0, 0.1) is 0 Å². The normalized spacial score (nSPS) is 12.2. The number of nitrogens with one attached hydrogen (secondary N) is 2. The van der Waals surface area contributed by atoms with E-state index in [1.165, 1.54) is 25.0 Å². The maximum Gasteiger partial charge on any atom is 0.416 e. The molecule has 0 fully saturated rings. The Kier molecular flexibility index (Phi) is 7.98. The predicted molar refractivity (Wildman–Crippen MR) is 159 cm³/mol. The molecule has 2 amide bonds. The lowest BCUT2D eigenvalue weighted by atomic mass is 10.1. The van der Waals surface area contributed by atoms with E-state index in [1.54, 1.807) is 36.4 Å². The lowest BCUT2D eigenvalue weighted by Gasteiger charge is -2.12. The molecule has 0 radical (unpaired) electrons. The van der Waals surface area contributed by atoms with Crippen molar-refractivity contribution in [2.24, 2.45) is 0 Å². The van der Waals surface area contributed by atoms with Crippen LogP contribution in [0.15, 0.2) is 78.9 Å². The molecule has 0 aliphatic carbocycles. The van der Waals surface area contributed by atoms with Gasteiger partial charge in [-0.05, 0) is 53.6 Å². The van der Waals surface area contributed by atoms with E-state index in [0.717, 1.165) is 23.3 Å². The Hall–Kier alpha value is -5.59. The second-order valence-electron chi connectivity index (χ2n) is 10.0. The van der Waals surface area contributed by atoms with Crippen LogP contribution >= 0.6 is 0 Å². The number of alkyl halides is 3. The first-order chi connectivity index (χ1) is 21.7. The Morgan fingerprint density at radius 1 is 0.867 bits per heavy atom. The number of carbonyl (C=O) groups is 1. The highest BCUT2D eigenvalue weighted by Crippen LogP contribution is 2.36. The van der Waals surface area contributed by atoms with E-state index >= 15 is 0 Å². The first kappa shape index (κ1) is 29.5. The number of nitrogens with zero attached hydrogens (tertiary/aromatic N) is 2. The molecule has 0 atom stereocenters. The molecule has 10 nitrogen and oxygen atoms in total. The average molecular weight is 621 g/mol. The third-order valence-corrected chi connectivity index (χ3v) is 7.07. The van der Waals surface area contributed by atoms with Crippen molar-refractivity contribution in [3.63, 3.8) is 0 Å². The highest BCUT2D eigenvalue weighted by Gasteiger charge is 2.31. The average Bonchev–Trinajstić information content (AvgIpc) is 3.64. The summed E-state index contributed by atoms with van der Waals surface area (Å²) in [5.41, 5.74) is 1.63. The number of aromatic nitrogens is 2. The van der Waals surface area contributed by atoms with Crippen molar-refractivity contribution in [3.05, 3.63) is 95.6 Å². The first-order valence-electron chi connectivity index (χ1n) is 13.7. The summed E-state index contributed by atoms with van der Waals surface area (Å²) in [6.45, 7) is 0.729. The Morgan fingerprint density at radius 2 is 1.62 bits per heavy atom. The molecule has 0 saturated heterocycles. The van der Waals surface area contributed by atoms with Crippen molar-refractivity contribution in [3.8, 4) is 28.7 Å². The lowest BCUT2D eigenvalue weighted by Crippen LogP contribution is -2.20. The van der Waals surface area contributed by atoms with Gasteiger partial charge in [-0.15, -0.1) is 0 Å². The van der Waals surface area contributed by atoms with Gasteiger partial charge in [0.05, 0.1) is 37.5 Å². The summed E-state index contributed by atoms with van der Waals surface area (Å²) in [4.78, 5) is 12.9. The van der Waals surface area contributed by atoms with Gasteiger partial charge < -0.3 is 29.0 Å². The van der Waals surface area contributed by atoms with Crippen LogP contribution in [0.1, 0.15) is 16.7 Å². The van der Waals surface area contributed by atoms with E-state index in [2.05, 4.69) is 15.7 Å². The molecule has 13 heteroatoms. The van der Waals surface area contributed by atoms with Crippen molar-refractivity contribution in [1.82, 2.24) is 9.78 Å². The molecular weight excluding hydrogens is 593 g/mol. The van der Waals surface area contributed by atoms with Crippen LogP contribution in [0.25, 0.3) is 10.9 Å². The van der Waals surface area contributed by atoms with Crippen LogP contribution in [0.5, 0.6) is 28.7 Å². The van der Waals surface area contributed by atoms with E-state index in [4.69, 9.17) is 23.7 Å². The molecule has 4 aromatic carbocycles. The SMILES string of the molecule is COc1ccc(NC(=O)Nc2nn(Cc3ccc(COc4ccc5c(c4)OCO5)cc3)c3ccc(C(F)(F)F)cc23)c(OC)c1. The maximum atomic E-state index is 13.6. The van der Waals surface area contributed by atoms with Gasteiger partial charge in [0.25, 0.3) is 0 Å². The molecule has 1 aromatic heterocycles. The highest BCUT2D eigenvalue weighted by atomic mass is 19.4.